The Morgan fingerprint density at radius 2 is 2.28 bits per heavy atom. The highest BCUT2D eigenvalue weighted by atomic mass is 32.1. The SMILES string of the molecule is C#Cc1cn(C[C@H]2O[C@@H]2C(=O)On2c(C)csc2=S)c2ccccc12. The predicted molar refractivity (Wildman–Crippen MR) is 98.0 cm³/mol. The number of terminal acetylenes is 1. The molecule has 4 rings (SSSR count). The van der Waals surface area contributed by atoms with E-state index >= 15 is 0 Å². The Balaban J connectivity index is 1.49. The van der Waals surface area contributed by atoms with Crippen LogP contribution in [0.15, 0.2) is 35.8 Å². The molecular formula is C18H14N2O3S2. The fraction of sp³-hybridized carbons (Fsp3) is 0.222. The van der Waals surface area contributed by atoms with Crippen molar-refractivity contribution in [2.45, 2.75) is 25.7 Å². The highest BCUT2D eigenvalue weighted by Crippen LogP contribution is 2.28. The standard InChI is InChI=1S/C18H14N2O3S2/c1-3-12-8-19(14-7-5-4-6-13(12)14)9-15-16(22-15)17(21)23-20-11(2)10-25-18(20)24/h1,4-8,10,15-16H,9H2,2H3/t15-,16+/m1/s1. The monoisotopic (exact) mass is 370 g/mol. The van der Waals surface area contributed by atoms with Crippen LogP contribution in [0.4, 0.5) is 0 Å². The summed E-state index contributed by atoms with van der Waals surface area (Å²) in [6.07, 6.45) is 6.66. The van der Waals surface area contributed by atoms with Gasteiger partial charge in [0, 0.05) is 28.0 Å². The summed E-state index contributed by atoms with van der Waals surface area (Å²) in [7, 11) is 0. The maximum Gasteiger partial charge on any atom is 0.364 e. The number of carbonyl (C=O) groups excluding carboxylic acids is 1. The predicted octanol–water partition coefficient (Wildman–Crippen LogP) is 2.95. The molecular weight excluding hydrogens is 356 g/mol. The van der Waals surface area contributed by atoms with E-state index in [1.54, 1.807) is 0 Å². The Morgan fingerprint density at radius 1 is 1.48 bits per heavy atom. The van der Waals surface area contributed by atoms with E-state index in [0.717, 1.165) is 22.2 Å². The summed E-state index contributed by atoms with van der Waals surface area (Å²) in [5.41, 5.74) is 2.64. The Kier molecular flexibility index (Phi) is 3.96. The molecule has 0 N–H and O–H groups in total. The van der Waals surface area contributed by atoms with Crippen LogP contribution in [0.5, 0.6) is 0 Å². The number of hydrogen-bond donors (Lipinski definition) is 0. The highest BCUT2D eigenvalue weighted by molar-refractivity contribution is 7.73. The molecule has 0 bridgehead atoms. The molecule has 0 spiro atoms. The molecule has 1 aliphatic rings. The van der Waals surface area contributed by atoms with Gasteiger partial charge in [0.15, 0.2) is 10.1 Å². The van der Waals surface area contributed by atoms with Crippen LogP contribution in [-0.2, 0) is 16.1 Å². The molecule has 2 atom stereocenters. The van der Waals surface area contributed by atoms with Gasteiger partial charge in [0.25, 0.3) is 0 Å². The average molecular weight is 370 g/mol. The van der Waals surface area contributed by atoms with Gasteiger partial charge in [-0.25, -0.2) is 4.79 Å². The number of nitrogens with zero attached hydrogens (tertiary/aromatic N) is 2. The number of aryl methyl sites for hydroxylation is 1. The zero-order valence-electron chi connectivity index (χ0n) is 13.3. The number of rotatable bonds is 4. The van der Waals surface area contributed by atoms with Crippen molar-refractivity contribution < 1.29 is 14.4 Å². The molecule has 7 heteroatoms. The molecule has 3 heterocycles. The van der Waals surface area contributed by atoms with Gasteiger partial charge in [0.2, 0.25) is 0 Å². The Hall–Kier alpha value is -2.40. The average Bonchev–Trinajstić information content (AvgIpc) is 3.21. The third kappa shape index (κ3) is 2.89. The maximum absolute atomic E-state index is 12.3. The van der Waals surface area contributed by atoms with Gasteiger partial charge < -0.3 is 14.1 Å². The highest BCUT2D eigenvalue weighted by Gasteiger charge is 2.47. The molecule has 5 nitrogen and oxygen atoms in total. The van der Waals surface area contributed by atoms with Crippen LogP contribution in [0.25, 0.3) is 10.9 Å². The van der Waals surface area contributed by atoms with E-state index in [1.165, 1.54) is 16.1 Å². The summed E-state index contributed by atoms with van der Waals surface area (Å²) >= 11 is 6.49. The summed E-state index contributed by atoms with van der Waals surface area (Å²) in [4.78, 5) is 17.6. The second-order valence-corrected chi connectivity index (χ2v) is 7.30. The summed E-state index contributed by atoms with van der Waals surface area (Å²) in [5, 5.41) is 2.86. The summed E-state index contributed by atoms with van der Waals surface area (Å²) in [5.74, 6) is 2.26. The molecule has 0 radical (unpaired) electrons. The fourth-order valence-corrected chi connectivity index (χ4v) is 3.79. The van der Waals surface area contributed by atoms with Gasteiger partial charge in [-0.05, 0) is 25.2 Å². The minimum absolute atomic E-state index is 0.234. The normalized spacial score (nSPS) is 18.9. The number of benzene rings is 1. The number of fused-ring (bicyclic) bond motifs is 1. The second kappa shape index (κ2) is 6.15. The van der Waals surface area contributed by atoms with Crippen molar-refractivity contribution >= 4 is 40.4 Å². The zero-order chi connectivity index (χ0) is 17.6. The lowest BCUT2D eigenvalue weighted by Gasteiger charge is -2.05. The molecule has 1 saturated heterocycles. The topological polar surface area (TPSA) is 48.7 Å². The third-order valence-electron chi connectivity index (χ3n) is 4.13. The number of epoxide rings is 1. The molecule has 2 aromatic heterocycles. The van der Waals surface area contributed by atoms with Crippen molar-refractivity contribution in [1.82, 2.24) is 9.30 Å². The molecule has 0 aliphatic carbocycles. The smallest absolute Gasteiger partial charge is 0.355 e. The number of ether oxygens (including phenoxy) is 1. The number of hydrogen-bond acceptors (Lipinski definition) is 5. The molecule has 0 unspecified atom stereocenters. The van der Waals surface area contributed by atoms with Crippen LogP contribution in [0, 0.1) is 23.2 Å². The van der Waals surface area contributed by atoms with Gasteiger partial charge in [-0.1, -0.05) is 24.1 Å². The molecule has 0 saturated carbocycles. The van der Waals surface area contributed by atoms with Crippen LogP contribution in [-0.4, -0.2) is 27.5 Å². The largest absolute Gasteiger partial charge is 0.364 e. The van der Waals surface area contributed by atoms with Crippen LogP contribution < -0.4 is 4.84 Å². The molecule has 1 aromatic carbocycles. The summed E-state index contributed by atoms with van der Waals surface area (Å²) < 4.78 is 9.39. The van der Waals surface area contributed by atoms with Crippen molar-refractivity contribution in [3.05, 3.63) is 51.1 Å². The lowest BCUT2D eigenvalue weighted by molar-refractivity contribution is -0.145. The third-order valence-corrected chi connectivity index (χ3v) is 5.41. The molecule has 1 fully saturated rings. The van der Waals surface area contributed by atoms with Crippen molar-refractivity contribution in [3.63, 3.8) is 0 Å². The first kappa shape index (κ1) is 16.1. The zero-order valence-corrected chi connectivity index (χ0v) is 15.0. The Bertz CT molecular complexity index is 1070. The summed E-state index contributed by atoms with van der Waals surface area (Å²) in [6, 6.07) is 7.90. The van der Waals surface area contributed by atoms with Crippen molar-refractivity contribution in [2.75, 3.05) is 0 Å². The number of carbonyl (C=O) groups is 1. The summed E-state index contributed by atoms with van der Waals surface area (Å²) in [6.45, 7) is 2.37. The lowest BCUT2D eigenvalue weighted by atomic mass is 10.2. The van der Waals surface area contributed by atoms with Gasteiger partial charge >= 0.3 is 5.97 Å². The first-order valence-electron chi connectivity index (χ1n) is 7.68. The Morgan fingerprint density at radius 3 is 3.00 bits per heavy atom. The van der Waals surface area contributed by atoms with Gasteiger partial charge in [-0.3, -0.25) is 0 Å². The van der Waals surface area contributed by atoms with Gasteiger partial charge in [0.1, 0.15) is 6.10 Å². The van der Waals surface area contributed by atoms with Gasteiger partial charge in [-0.15, -0.1) is 17.8 Å². The molecule has 1 aliphatic heterocycles. The number of aromatic nitrogens is 2. The van der Waals surface area contributed by atoms with E-state index in [0.29, 0.717) is 10.5 Å². The molecule has 25 heavy (non-hydrogen) atoms. The van der Waals surface area contributed by atoms with Crippen LogP contribution in [0.3, 0.4) is 0 Å². The fourth-order valence-electron chi connectivity index (χ4n) is 2.82. The van der Waals surface area contributed by atoms with Crippen molar-refractivity contribution in [3.8, 4) is 12.3 Å². The van der Waals surface area contributed by atoms with Crippen molar-refractivity contribution in [1.29, 1.82) is 0 Å². The van der Waals surface area contributed by atoms with E-state index in [2.05, 4.69) is 5.92 Å². The van der Waals surface area contributed by atoms with Gasteiger partial charge in [0.05, 0.1) is 12.2 Å². The molecule has 126 valence electrons. The quantitative estimate of drug-likeness (QED) is 0.403. The van der Waals surface area contributed by atoms with E-state index in [1.807, 2.05) is 47.3 Å². The van der Waals surface area contributed by atoms with Crippen LogP contribution >= 0.6 is 23.6 Å². The minimum Gasteiger partial charge on any atom is -0.355 e. The first-order valence-corrected chi connectivity index (χ1v) is 8.96. The maximum atomic E-state index is 12.3. The second-order valence-electron chi connectivity index (χ2n) is 5.80. The number of thiazole rings is 1. The van der Waals surface area contributed by atoms with Crippen LogP contribution in [0.2, 0.25) is 0 Å². The lowest BCUT2D eigenvalue weighted by Crippen LogP contribution is -2.26. The first-order chi connectivity index (χ1) is 12.1. The van der Waals surface area contributed by atoms with Crippen molar-refractivity contribution in [2.24, 2.45) is 0 Å². The van der Waals surface area contributed by atoms with E-state index in [9.17, 15) is 4.79 Å². The molecule has 0 amide bonds. The minimum atomic E-state index is -0.586. The Labute approximate surface area is 153 Å². The van der Waals surface area contributed by atoms with Gasteiger partial charge in [-0.2, -0.15) is 4.73 Å². The number of para-hydroxylation sites is 1. The van der Waals surface area contributed by atoms with Crippen LogP contribution in [0.1, 0.15) is 11.3 Å². The van der Waals surface area contributed by atoms with E-state index in [-0.39, 0.29) is 6.10 Å². The molecule has 3 aromatic rings. The van der Waals surface area contributed by atoms with E-state index in [4.69, 9.17) is 28.2 Å². The van der Waals surface area contributed by atoms with E-state index < -0.39 is 12.1 Å².